The van der Waals surface area contributed by atoms with E-state index >= 15 is 0 Å². The summed E-state index contributed by atoms with van der Waals surface area (Å²) in [6.07, 6.45) is 0. The average Bonchev–Trinajstić information content (AvgIpc) is 2.03. The third kappa shape index (κ3) is 2.21. The molecular weight excluding hydrogens is 203 g/mol. The van der Waals surface area contributed by atoms with E-state index in [1.165, 1.54) is 6.07 Å². The third-order valence-corrected chi connectivity index (χ3v) is 2.42. The molecule has 0 aromatic heterocycles. The first-order valence-electron chi connectivity index (χ1n) is 3.26. The molecule has 0 bridgehead atoms. The monoisotopic (exact) mass is 209 g/mol. The molecule has 1 unspecified atom stereocenters. The Labute approximate surface area is 75.0 Å². The highest BCUT2D eigenvalue weighted by atomic mass is 32.2. The number of benzene rings is 1. The van der Waals surface area contributed by atoms with Crippen molar-refractivity contribution in [2.75, 3.05) is 5.73 Å². The molecule has 72 valence electrons. The first-order valence-corrected chi connectivity index (χ1v) is 4.47. The second kappa shape index (κ2) is 3.78. The molecule has 2 nitrogen and oxygen atoms in total. The molecule has 0 saturated carbocycles. The van der Waals surface area contributed by atoms with Crippen LogP contribution < -0.4 is 5.73 Å². The minimum Gasteiger partial charge on any atom is -0.399 e. The number of hydrogen-bond acceptors (Lipinski definition) is 2. The summed E-state index contributed by atoms with van der Waals surface area (Å²) in [5, 5.41) is 0. The van der Waals surface area contributed by atoms with Gasteiger partial charge in [0, 0.05) is 5.69 Å². The lowest BCUT2D eigenvalue weighted by molar-refractivity contribution is 0.243. The van der Waals surface area contributed by atoms with Gasteiger partial charge in [-0.25, -0.2) is 8.60 Å². The normalized spacial score (nSPS) is 13.2. The number of nitrogens with two attached hydrogens (primary N) is 1. The molecule has 1 aromatic rings. The van der Waals surface area contributed by atoms with E-state index in [2.05, 4.69) is 0 Å². The van der Waals surface area contributed by atoms with Gasteiger partial charge in [0.05, 0.1) is 4.90 Å². The quantitative estimate of drug-likeness (QED) is 0.754. The molecule has 0 aliphatic rings. The van der Waals surface area contributed by atoms with E-state index in [0.717, 1.165) is 12.1 Å². The summed E-state index contributed by atoms with van der Waals surface area (Å²) in [4.78, 5) is -0.524. The maximum Gasteiger partial charge on any atom is 0.316 e. The molecule has 6 heteroatoms. The SMILES string of the molecule is Nc1ccc(S(=O)C(F)F)c(F)c1. The summed E-state index contributed by atoms with van der Waals surface area (Å²) >= 11 is 0. The van der Waals surface area contributed by atoms with Crippen LogP contribution in [0.4, 0.5) is 18.9 Å². The van der Waals surface area contributed by atoms with Crippen molar-refractivity contribution in [1.29, 1.82) is 0 Å². The topological polar surface area (TPSA) is 43.1 Å². The molecule has 1 atom stereocenters. The van der Waals surface area contributed by atoms with Gasteiger partial charge in [-0.1, -0.05) is 0 Å². The lowest BCUT2D eigenvalue weighted by Gasteiger charge is -2.02. The second-order valence-electron chi connectivity index (χ2n) is 2.25. The Morgan fingerprint density at radius 3 is 2.46 bits per heavy atom. The summed E-state index contributed by atoms with van der Waals surface area (Å²) in [7, 11) is -2.62. The first-order chi connectivity index (χ1) is 6.02. The Hall–Kier alpha value is -1.04. The summed E-state index contributed by atoms with van der Waals surface area (Å²) in [5.41, 5.74) is 5.28. The van der Waals surface area contributed by atoms with Crippen LogP contribution in [0.15, 0.2) is 23.1 Å². The number of hydrogen-bond donors (Lipinski definition) is 1. The van der Waals surface area contributed by atoms with Crippen LogP contribution in [0.5, 0.6) is 0 Å². The maximum atomic E-state index is 12.9. The first kappa shape index (κ1) is 10.0. The molecular formula is C7H6F3NOS. The zero-order valence-electron chi connectivity index (χ0n) is 6.34. The standard InChI is InChI=1S/C7H6F3NOS/c8-5-3-4(11)1-2-6(5)13(12)7(9)10/h1-3,7H,11H2. The van der Waals surface area contributed by atoms with Crippen molar-refractivity contribution in [3.8, 4) is 0 Å². The maximum absolute atomic E-state index is 12.9. The largest absolute Gasteiger partial charge is 0.399 e. The number of nitrogen functional groups attached to an aromatic ring is 1. The Bertz CT molecular complexity index is 343. The smallest absolute Gasteiger partial charge is 0.316 e. The van der Waals surface area contributed by atoms with Crippen LogP contribution in [-0.2, 0) is 10.8 Å². The van der Waals surface area contributed by atoms with Crippen molar-refractivity contribution in [1.82, 2.24) is 0 Å². The Kier molecular flexibility index (Phi) is 2.92. The molecule has 0 aliphatic carbocycles. The van der Waals surface area contributed by atoms with Crippen molar-refractivity contribution in [2.24, 2.45) is 0 Å². The van der Waals surface area contributed by atoms with Crippen molar-refractivity contribution < 1.29 is 17.4 Å². The lowest BCUT2D eigenvalue weighted by Crippen LogP contribution is -2.05. The van der Waals surface area contributed by atoms with Gasteiger partial charge in [-0.15, -0.1) is 0 Å². The minimum absolute atomic E-state index is 0.104. The van der Waals surface area contributed by atoms with Gasteiger partial charge in [-0.05, 0) is 18.2 Å². The van der Waals surface area contributed by atoms with Crippen LogP contribution >= 0.6 is 0 Å². The van der Waals surface area contributed by atoms with E-state index in [4.69, 9.17) is 5.73 Å². The molecule has 0 saturated heterocycles. The predicted molar refractivity (Wildman–Crippen MR) is 43.2 cm³/mol. The molecule has 0 aliphatic heterocycles. The highest BCUT2D eigenvalue weighted by Gasteiger charge is 2.19. The van der Waals surface area contributed by atoms with Crippen molar-refractivity contribution in [3.63, 3.8) is 0 Å². The molecule has 13 heavy (non-hydrogen) atoms. The molecule has 2 N–H and O–H groups in total. The number of anilines is 1. The van der Waals surface area contributed by atoms with E-state index in [-0.39, 0.29) is 5.69 Å². The summed E-state index contributed by atoms with van der Waals surface area (Å²) in [6, 6.07) is 3.07. The van der Waals surface area contributed by atoms with Crippen LogP contribution in [0.1, 0.15) is 0 Å². The van der Waals surface area contributed by atoms with Gasteiger partial charge in [0.15, 0.2) is 0 Å². The van der Waals surface area contributed by atoms with Gasteiger partial charge in [-0.2, -0.15) is 8.78 Å². The highest BCUT2D eigenvalue weighted by molar-refractivity contribution is 7.85. The van der Waals surface area contributed by atoms with Gasteiger partial charge in [-0.3, -0.25) is 0 Å². The zero-order valence-corrected chi connectivity index (χ0v) is 7.15. The fourth-order valence-corrected chi connectivity index (χ4v) is 1.42. The van der Waals surface area contributed by atoms with Gasteiger partial charge in [0.25, 0.3) is 0 Å². The lowest BCUT2D eigenvalue weighted by atomic mass is 10.3. The molecule has 0 heterocycles. The highest BCUT2D eigenvalue weighted by Crippen LogP contribution is 2.19. The molecule has 0 amide bonds. The Morgan fingerprint density at radius 1 is 1.38 bits per heavy atom. The average molecular weight is 209 g/mol. The van der Waals surface area contributed by atoms with E-state index in [0.29, 0.717) is 0 Å². The van der Waals surface area contributed by atoms with Crippen molar-refractivity contribution >= 4 is 16.5 Å². The Balaban J connectivity index is 3.09. The molecule has 1 aromatic carbocycles. The Morgan fingerprint density at radius 2 is 2.00 bits per heavy atom. The summed E-state index contributed by atoms with van der Waals surface area (Å²) in [5.74, 6) is -4.06. The van der Waals surface area contributed by atoms with Gasteiger partial charge in [0.2, 0.25) is 0 Å². The minimum atomic E-state index is -3.09. The fraction of sp³-hybridized carbons (Fsp3) is 0.143. The van der Waals surface area contributed by atoms with Crippen molar-refractivity contribution in [2.45, 2.75) is 10.7 Å². The summed E-state index contributed by atoms with van der Waals surface area (Å²) in [6.45, 7) is 0. The number of alkyl halides is 2. The van der Waals surface area contributed by atoms with Gasteiger partial charge < -0.3 is 5.73 Å². The van der Waals surface area contributed by atoms with E-state index in [9.17, 15) is 17.4 Å². The van der Waals surface area contributed by atoms with Crippen molar-refractivity contribution in [3.05, 3.63) is 24.0 Å². The second-order valence-corrected chi connectivity index (χ2v) is 3.64. The molecule has 1 rings (SSSR count). The van der Waals surface area contributed by atoms with Gasteiger partial charge in [0.1, 0.15) is 16.6 Å². The van der Waals surface area contributed by atoms with E-state index in [1.807, 2.05) is 0 Å². The van der Waals surface area contributed by atoms with Crippen LogP contribution in [0.2, 0.25) is 0 Å². The predicted octanol–water partition coefficient (Wildman–Crippen LogP) is 1.74. The van der Waals surface area contributed by atoms with Gasteiger partial charge >= 0.3 is 5.76 Å². The fourth-order valence-electron chi connectivity index (χ4n) is 0.776. The molecule has 0 spiro atoms. The number of rotatable bonds is 2. The summed E-state index contributed by atoms with van der Waals surface area (Å²) < 4.78 is 47.4. The van der Waals surface area contributed by atoms with E-state index in [1.54, 1.807) is 0 Å². The number of halogens is 3. The van der Waals surface area contributed by atoms with Crippen LogP contribution in [0.3, 0.4) is 0 Å². The van der Waals surface area contributed by atoms with Crippen LogP contribution in [0, 0.1) is 5.82 Å². The van der Waals surface area contributed by atoms with E-state index < -0.39 is 27.3 Å². The van der Waals surface area contributed by atoms with Crippen LogP contribution in [0.25, 0.3) is 0 Å². The third-order valence-electron chi connectivity index (χ3n) is 1.33. The van der Waals surface area contributed by atoms with Crippen LogP contribution in [-0.4, -0.2) is 9.97 Å². The zero-order chi connectivity index (χ0) is 10.0. The molecule has 0 radical (unpaired) electrons. The molecule has 0 fully saturated rings.